The van der Waals surface area contributed by atoms with Crippen molar-refractivity contribution in [3.63, 3.8) is 0 Å². The Hall–Kier alpha value is -0.120. The smallest absolute Gasteiger partial charge is 0.159 e. The molecule has 0 aromatic heterocycles. The molecule has 3 nitrogen and oxygen atoms in total. The Bertz CT molecular complexity index is 102. The van der Waals surface area contributed by atoms with Crippen molar-refractivity contribution < 1.29 is 14.2 Å². The first kappa shape index (κ1) is 12.9. The normalized spacial score (nSPS) is 13.6. The highest BCUT2D eigenvalue weighted by atomic mass is 16.7. The average molecular weight is 190 g/mol. The summed E-state index contributed by atoms with van der Waals surface area (Å²) < 4.78 is 15.3. The fraction of sp³-hybridized carbons (Fsp3) is 1.00. The predicted octanol–water partition coefficient (Wildman–Crippen LogP) is 2.06. The largest absolute Gasteiger partial charge is 0.385 e. The third kappa shape index (κ3) is 6.02. The van der Waals surface area contributed by atoms with E-state index in [1.54, 1.807) is 21.3 Å². The summed E-state index contributed by atoms with van der Waals surface area (Å²) in [4.78, 5) is 0. The van der Waals surface area contributed by atoms with Crippen LogP contribution in [0.1, 0.15) is 26.2 Å². The summed E-state index contributed by atoms with van der Waals surface area (Å²) >= 11 is 0. The van der Waals surface area contributed by atoms with Gasteiger partial charge in [0.15, 0.2) is 6.29 Å². The zero-order chi connectivity index (χ0) is 10.1. The number of rotatable bonds is 8. The van der Waals surface area contributed by atoms with Crippen LogP contribution in [0.5, 0.6) is 0 Å². The summed E-state index contributed by atoms with van der Waals surface area (Å²) in [7, 11) is 5.09. The van der Waals surface area contributed by atoms with Crippen LogP contribution in [-0.4, -0.2) is 34.2 Å². The van der Waals surface area contributed by atoms with Gasteiger partial charge in [0, 0.05) is 33.9 Å². The van der Waals surface area contributed by atoms with E-state index in [1.165, 1.54) is 0 Å². The van der Waals surface area contributed by atoms with Gasteiger partial charge < -0.3 is 14.2 Å². The van der Waals surface area contributed by atoms with Crippen molar-refractivity contribution in [2.24, 2.45) is 5.92 Å². The molecule has 0 aromatic rings. The Morgan fingerprint density at radius 2 is 1.62 bits per heavy atom. The molecule has 0 heterocycles. The zero-order valence-electron chi connectivity index (χ0n) is 9.21. The summed E-state index contributed by atoms with van der Waals surface area (Å²) in [6.07, 6.45) is 3.33. The van der Waals surface area contributed by atoms with Crippen LogP contribution in [0.3, 0.4) is 0 Å². The van der Waals surface area contributed by atoms with Crippen LogP contribution in [0.15, 0.2) is 0 Å². The first-order valence-electron chi connectivity index (χ1n) is 4.80. The van der Waals surface area contributed by atoms with Crippen LogP contribution < -0.4 is 0 Å². The molecule has 0 saturated heterocycles. The molecule has 0 aromatic carbocycles. The van der Waals surface area contributed by atoms with Gasteiger partial charge in [0.2, 0.25) is 0 Å². The molecule has 80 valence electrons. The highest BCUT2D eigenvalue weighted by Gasteiger charge is 2.14. The van der Waals surface area contributed by atoms with Gasteiger partial charge in [-0.2, -0.15) is 0 Å². The Morgan fingerprint density at radius 3 is 2.08 bits per heavy atom. The van der Waals surface area contributed by atoms with Crippen molar-refractivity contribution in [2.75, 3.05) is 27.9 Å². The van der Waals surface area contributed by atoms with E-state index in [0.29, 0.717) is 5.92 Å². The molecule has 0 aliphatic carbocycles. The van der Waals surface area contributed by atoms with Crippen LogP contribution in [-0.2, 0) is 14.2 Å². The van der Waals surface area contributed by atoms with Gasteiger partial charge in [-0.25, -0.2) is 0 Å². The third-order valence-electron chi connectivity index (χ3n) is 2.19. The minimum absolute atomic E-state index is 0.0671. The van der Waals surface area contributed by atoms with Gasteiger partial charge in [-0.15, -0.1) is 0 Å². The van der Waals surface area contributed by atoms with Crippen molar-refractivity contribution in [3.8, 4) is 0 Å². The average Bonchev–Trinajstić information content (AvgIpc) is 2.14. The Kier molecular flexibility index (Phi) is 8.40. The topological polar surface area (TPSA) is 27.7 Å². The van der Waals surface area contributed by atoms with Crippen molar-refractivity contribution in [3.05, 3.63) is 0 Å². The molecule has 3 heteroatoms. The van der Waals surface area contributed by atoms with Crippen LogP contribution in [0.25, 0.3) is 0 Å². The van der Waals surface area contributed by atoms with Gasteiger partial charge in [-0.3, -0.25) is 0 Å². The Balaban J connectivity index is 3.42. The molecule has 0 aliphatic rings. The van der Waals surface area contributed by atoms with E-state index in [2.05, 4.69) is 6.92 Å². The molecule has 0 radical (unpaired) electrons. The summed E-state index contributed by atoms with van der Waals surface area (Å²) in [6.45, 7) is 2.99. The molecule has 1 unspecified atom stereocenters. The SMILES string of the molecule is COCCCCC(C)C(OC)OC. The van der Waals surface area contributed by atoms with Crippen molar-refractivity contribution in [2.45, 2.75) is 32.5 Å². The lowest BCUT2D eigenvalue weighted by Gasteiger charge is -2.20. The minimum atomic E-state index is -0.0671. The molecule has 0 amide bonds. The van der Waals surface area contributed by atoms with Crippen molar-refractivity contribution in [1.29, 1.82) is 0 Å². The second-order valence-corrected chi connectivity index (χ2v) is 3.31. The molecule has 0 spiro atoms. The van der Waals surface area contributed by atoms with Gasteiger partial charge >= 0.3 is 0 Å². The summed E-state index contributed by atoms with van der Waals surface area (Å²) in [6, 6.07) is 0. The molecule has 0 aliphatic heterocycles. The van der Waals surface area contributed by atoms with E-state index in [4.69, 9.17) is 14.2 Å². The van der Waals surface area contributed by atoms with E-state index in [9.17, 15) is 0 Å². The number of ether oxygens (including phenoxy) is 3. The number of hydrogen-bond donors (Lipinski definition) is 0. The maximum absolute atomic E-state index is 5.16. The molecular formula is C10H22O3. The lowest BCUT2D eigenvalue weighted by atomic mass is 10.0. The fourth-order valence-electron chi connectivity index (χ4n) is 1.41. The zero-order valence-corrected chi connectivity index (χ0v) is 9.21. The molecule has 0 N–H and O–H groups in total. The van der Waals surface area contributed by atoms with E-state index in [0.717, 1.165) is 25.9 Å². The minimum Gasteiger partial charge on any atom is -0.385 e. The van der Waals surface area contributed by atoms with Gasteiger partial charge in [-0.1, -0.05) is 13.3 Å². The van der Waals surface area contributed by atoms with Gasteiger partial charge in [-0.05, 0) is 12.8 Å². The van der Waals surface area contributed by atoms with Gasteiger partial charge in [0.05, 0.1) is 0 Å². The summed E-state index contributed by atoms with van der Waals surface area (Å²) in [5, 5.41) is 0. The predicted molar refractivity (Wildman–Crippen MR) is 52.7 cm³/mol. The highest BCUT2D eigenvalue weighted by molar-refractivity contribution is 4.57. The second-order valence-electron chi connectivity index (χ2n) is 3.31. The third-order valence-corrected chi connectivity index (χ3v) is 2.19. The molecule has 0 fully saturated rings. The van der Waals surface area contributed by atoms with Crippen LogP contribution in [0, 0.1) is 5.92 Å². The molecule has 1 atom stereocenters. The van der Waals surface area contributed by atoms with Crippen LogP contribution in [0.4, 0.5) is 0 Å². The van der Waals surface area contributed by atoms with Gasteiger partial charge in [0.1, 0.15) is 0 Å². The number of unbranched alkanes of at least 4 members (excludes halogenated alkanes) is 1. The van der Waals surface area contributed by atoms with Crippen molar-refractivity contribution >= 4 is 0 Å². The van der Waals surface area contributed by atoms with E-state index >= 15 is 0 Å². The van der Waals surface area contributed by atoms with Gasteiger partial charge in [0.25, 0.3) is 0 Å². The lowest BCUT2D eigenvalue weighted by molar-refractivity contribution is -0.134. The van der Waals surface area contributed by atoms with Crippen molar-refractivity contribution in [1.82, 2.24) is 0 Å². The Labute approximate surface area is 81.4 Å². The fourth-order valence-corrected chi connectivity index (χ4v) is 1.41. The maximum atomic E-state index is 5.16. The summed E-state index contributed by atoms with van der Waals surface area (Å²) in [5.41, 5.74) is 0. The Morgan fingerprint density at radius 1 is 1.00 bits per heavy atom. The molecule has 13 heavy (non-hydrogen) atoms. The molecule has 0 saturated carbocycles. The number of methoxy groups -OCH3 is 3. The highest BCUT2D eigenvalue weighted by Crippen LogP contribution is 2.14. The number of hydrogen-bond acceptors (Lipinski definition) is 3. The summed E-state index contributed by atoms with van der Waals surface area (Å²) in [5.74, 6) is 0.451. The standard InChI is InChI=1S/C10H22O3/c1-9(10(12-3)13-4)7-5-6-8-11-2/h9-10H,5-8H2,1-4H3. The maximum Gasteiger partial charge on any atom is 0.159 e. The second kappa shape index (κ2) is 8.48. The monoisotopic (exact) mass is 190 g/mol. The quantitative estimate of drug-likeness (QED) is 0.433. The van der Waals surface area contributed by atoms with E-state index in [-0.39, 0.29) is 6.29 Å². The lowest BCUT2D eigenvalue weighted by Crippen LogP contribution is -2.22. The van der Waals surface area contributed by atoms with Crippen LogP contribution in [0.2, 0.25) is 0 Å². The molecular weight excluding hydrogens is 168 g/mol. The van der Waals surface area contributed by atoms with E-state index < -0.39 is 0 Å². The molecule has 0 rings (SSSR count). The first-order valence-corrected chi connectivity index (χ1v) is 4.80. The first-order chi connectivity index (χ1) is 6.26. The van der Waals surface area contributed by atoms with Crippen LogP contribution >= 0.6 is 0 Å². The van der Waals surface area contributed by atoms with E-state index in [1.807, 2.05) is 0 Å². The molecule has 0 bridgehead atoms.